The summed E-state index contributed by atoms with van der Waals surface area (Å²) in [7, 11) is -4.51. The van der Waals surface area contributed by atoms with E-state index in [0.717, 1.165) is 5.56 Å². The quantitative estimate of drug-likeness (QED) is 0.615. The fourth-order valence-corrected chi connectivity index (χ4v) is 3.07. The van der Waals surface area contributed by atoms with Crippen molar-refractivity contribution in [3.8, 4) is 5.75 Å². The van der Waals surface area contributed by atoms with E-state index in [9.17, 15) is 14.8 Å². The summed E-state index contributed by atoms with van der Waals surface area (Å²) in [6.07, 6.45) is 5.63. The highest BCUT2D eigenvalue weighted by Gasteiger charge is 2.21. The molecule has 1 aliphatic rings. The lowest BCUT2D eigenvalue weighted by molar-refractivity contribution is 0.374. The summed E-state index contributed by atoms with van der Waals surface area (Å²) in [5.41, 5.74) is 1.25. The van der Waals surface area contributed by atoms with Gasteiger partial charge in [-0.05, 0) is 54.7 Å². The Hall–Kier alpha value is -1.88. The smallest absolute Gasteiger partial charge is 0.448 e. The van der Waals surface area contributed by atoms with Crippen LogP contribution in [0.15, 0.2) is 53.0 Å². The first-order valence-corrected chi connectivity index (χ1v) is 8.84. The number of rotatable bonds is 5. The summed E-state index contributed by atoms with van der Waals surface area (Å²) < 4.78 is 14.5. The number of aromatic hydroxyl groups is 1. The van der Waals surface area contributed by atoms with Gasteiger partial charge in [-0.3, -0.25) is 0 Å². The lowest BCUT2D eigenvalue weighted by Gasteiger charge is -2.20. The van der Waals surface area contributed by atoms with Crippen molar-refractivity contribution in [2.45, 2.75) is 25.7 Å². The van der Waals surface area contributed by atoms with Crippen LogP contribution in [0.5, 0.6) is 5.75 Å². The Balaban J connectivity index is 2.09. The van der Waals surface area contributed by atoms with Gasteiger partial charge in [0, 0.05) is 5.92 Å². The second-order valence-electron chi connectivity index (χ2n) is 5.64. The third-order valence-electron chi connectivity index (χ3n) is 3.77. The number of nitrogens with zero attached hydrogens (tertiary/aromatic N) is 1. The molecule has 4 N–H and O–H groups in total. The van der Waals surface area contributed by atoms with Gasteiger partial charge in [0.25, 0.3) is 0 Å². The number of aliphatic hydroxyl groups excluding tert-OH is 1. The molecule has 0 fully saturated rings. The molecule has 23 heavy (non-hydrogen) atoms. The van der Waals surface area contributed by atoms with E-state index >= 15 is 0 Å². The average molecular weight is 337 g/mol. The van der Waals surface area contributed by atoms with E-state index in [4.69, 9.17) is 9.79 Å². The molecule has 0 aromatic heterocycles. The molecule has 7 heteroatoms. The number of hydrogen-bond donors (Lipinski definition) is 4. The van der Waals surface area contributed by atoms with E-state index in [0.29, 0.717) is 12.8 Å². The SMILES string of the molecule is CC(CCC1C=C(O)C=C/C1=N\P(=O)(O)O)c1cccc(O)c1. The lowest BCUT2D eigenvalue weighted by atomic mass is 9.87. The second kappa shape index (κ2) is 7.13. The topological polar surface area (TPSA) is 110 Å². The van der Waals surface area contributed by atoms with Crippen molar-refractivity contribution < 1.29 is 24.6 Å². The zero-order chi connectivity index (χ0) is 17.0. The van der Waals surface area contributed by atoms with E-state index in [1.54, 1.807) is 24.3 Å². The minimum Gasteiger partial charge on any atom is -0.508 e. The van der Waals surface area contributed by atoms with Gasteiger partial charge in [0.05, 0.1) is 5.71 Å². The van der Waals surface area contributed by atoms with E-state index in [1.807, 2.05) is 13.0 Å². The first-order chi connectivity index (χ1) is 10.7. The van der Waals surface area contributed by atoms with Crippen molar-refractivity contribution in [2.75, 3.05) is 0 Å². The van der Waals surface area contributed by atoms with Gasteiger partial charge in [0.2, 0.25) is 0 Å². The number of hydrogen-bond acceptors (Lipinski definition) is 3. The third-order valence-corrected chi connectivity index (χ3v) is 4.26. The van der Waals surface area contributed by atoms with E-state index in [1.165, 1.54) is 12.2 Å². The van der Waals surface area contributed by atoms with Gasteiger partial charge in [-0.1, -0.05) is 19.1 Å². The van der Waals surface area contributed by atoms with Crippen molar-refractivity contribution in [3.05, 3.63) is 53.8 Å². The molecule has 6 nitrogen and oxygen atoms in total. The highest BCUT2D eigenvalue weighted by atomic mass is 31.2. The normalized spacial score (nSPS) is 21.3. The van der Waals surface area contributed by atoms with Crippen LogP contribution in [0.1, 0.15) is 31.2 Å². The standard InChI is InChI=1S/C16H20NO5P/c1-11(12-3-2-4-14(18)9-12)5-6-13-10-15(19)7-8-16(13)17-23(20,21)22/h2-4,7-11,13,18-19H,5-6H2,1H3,(H2,20,21,22)/b17-16+. The van der Waals surface area contributed by atoms with Crippen LogP contribution in [0, 0.1) is 5.92 Å². The summed E-state index contributed by atoms with van der Waals surface area (Å²) in [6, 6.07) is 7.00. The molecule has 2 rings (SSSR count). The van der Waals surface area contributed by atoms with Crippen molar-refractivity contribution in [3.63, 3.8) is 0 Å². The molecule has 0 heterocycles. The molecule has 0 saturated carbocycles. The predicted molar refractivity (Wildman–Crippen MR) is 88.6 cm³/mol. The molecule has 0 spiro atoms. The van der Waals surface area contributed by atoms with E-state index in [-0.39, 0.29) is 29.1 Å². The Bertz CT molecular complexity index is 704. The minimum atomic E-state index is -4.51. The lowest BCUT2D eigenvalue weighted by Crippen LogP contribution is -2.15. The van der Waals surface area contributed by atoms with Gasteiger partial charge >= 0.3 is 7.75 Å². The van der Waals surface area contributed by atoms with E-state index < -0.39 is 7.75 Å². The third kappa shape index (κ3) is 5.36. The van der Waals surface area contributed by atoms with Crippen LogP contribution in [-0.2, 0) is 4.57 Å². The minimum absolute atomic E-state index is 0.0599. The van der Waals surface area contributed by atoms with Crippen LogP contribution in [0.4, 0.5) is 0 Å². The Morgan fingerprint density at radius 3 is 2.65 bits per heavy atom. The van der Waals surface area contributed by atoms with Crippen molar-refractivity contribution in [1.82, 2.24) is 0 Å². The second-order valence-corrected chi connectivity index (χ2v) is 6.87. The number of phenols is 1. The molecule has 124 valence electrons. The highest BCUT2D eigenvalue weighted by molar-refractivity contribution is 7.50. The molecule has 0 bridgehead atoms. The first kappa shape index (κ1) is 17.5. The van der Waals surface area contributed by atoms with Gasteiger partial charge < -0.3 is 20.0 Å². The number of phenolic OH excluding ortho intramolecular Hbond substituents is 1. The fraction of sp³-hybridized carbons (Fsp3) is 0.312. The van der Waals surface area contributed by atoms with Crippen molar-refractivity contribution in [2.24, 2.45) is 10.7 Å². The Labute approximate surface area is 134 Å². The van der Waals surface area contributed by atoms with E-state index in [2.05, 4.69) is 4.76 Å². The Morgan fingerprint density at radius 2 is 2.00 bits per heavy atom. The van der Waals surface area contributed by atoms with Crippen molar-refractivity contribution in [1.29, 1.82) is 0 Å². The zero-order valence-electron chi connectivity index (χ0n) is 12.7. The highest BCUT2D eigenvalue weighted by Crippen LogP contribution is 2.38. The first-order valence-electron chi connectivity index (χ1n) is 7.28. The maximum Gasteiger partial charge on any atom is 0.448 e. The van der Waals surface area contributed by atoms with Gasteiger partial charge in [-0.15, -0.1) is 0 Å². The summed E-state index contributed by atoms with van der Waals surface area (Å²) in [5.74, 6) is 0.0631. The molecular weight excluding hydrogens is 317 g/mol. The molecule has 1 aromatic rings. The molecular formula is C16H20NO5P. The summed E-state index contributed by atoms with van der Waals surface area (Å²) in [5, 5.41) is 19.1. The number of allylic oxidation sites excluding steroid dienone is 3. The molecule has 2 atom stereocenters. The summed E-state index contributed by atoms with van der Waals surface area (Å²) in [4.78, 5) is 18.0. The van der Waals surface area contributed by atoms with Crippen molar-refractivity contribution >= 4 is 13.5 Å². The maximum absolute atomic E-state index is 11.1. The predicted octanol–water partition coefficient (Wildman–Crippen LogP) is 3.44. The van der Waals surface area contributed by atoms with Gasteiger partial charge in [-0.25, -0.2) is 4.57 Å². The maximum atomic E-state index is 11.1. The van der Waals surface area contributed by atoms with Gasteiger partial charge in [0.1, 0.15) is 11.5 Å². The monoisotopic (exact) mass is 337 g/mol. The van der Waals surface area contributed by atoms with Gasteiger partial charge in [0.15, 0.2) is 0 Å². The van der Waals surface area contributed by atoms with Crippen LogP contribution in [0.2, 0.25) is 0 Å². The number of benzene rings is 1. The Kier molecular flexibility index (Phi) is 5.42. The fourth-order valence-electron chi connectivity index (χ4n) is 2.56. The average Bonchev–Trinajstić information content (AvgIpc) is 2.46. The molecule has 0 amide bonds. The van der Waals surface area contributed by atoms with Crippen LogP contribution in [0.25, 0.3) is 0 Å². The van der Waals surface area contributed by atoms with Crippen LogP contribution in [-0.4, -0.2) is 25.7 Å². The Morgan fingerprint density at radius 1 is 1.26 bits per heavy atom. The zero-order valence-corrected chi connectivity index (χ0v) is 13.6. The number of aliphatic hydroxyl groups is 1. The summed E-state index contributed by atoms with van der Waals surface area (Å²) >= 11 is 0. The van der Waals surface area contributed by atoms with Gasteiger partial charge in [-0.2, -0.15) is 4.76 Å². The largest absolute Gasteiger partial charge is 0.508 e. The molecule has 0 aliphatic heterocycles. The summed E-state index contributed by atoms with van der Waals surface area (Å²) in [6.45, 7) is 2.01. The molecule has 1 aromatic carbocycles. The molecule has 0 saturated heterocycles. The van der Waals surface area contributed by atoms with Crippen LogP contribution >= 0.6 is 7.75 Å². The van der Waals surface area contributed by atoms with Crippen LogP contribution in [0.3, 0.4) is 0 Å². The van der Waals surface area contributed by atoms with Crippen LogP contribution < -0.4 is 0 Å². The molecule has 1 aliphatic carbocycles. The molecule has 2 unspecified atom stereocenters. The molecule has 0 radical (unpaired) electrons.